The Morgan fingerprint density at radius 2 is 1.56 bits per heavy atom. The Kier molecular flexibility index (Phi) is 6.69. The Morgan fingerprint density at radius 1 is 0.951 bits per heavy atom. The van der Waals surface area contributed by atoms with Gasteiger partial charge in [-0.05, 0) is 36.8 Å². The number of benzene rings is 3. The molecule has 0 atom stereocenters. The smallest absolute Gasteiger partial charge is 0.408 e. The van der Waals surface area contributed by atoms with Gasteiger partial charge in [-0.25, -0.2) is 18.4 Å². The SMILES string of the molecule is O=C(NC1(c2c(F)c(OCc3ccccc3)c3c(=O)c(C(=O)O)cn(C4CC4)c3c2F)CC1)OCc1ccccc1. The Hall–Kier alpha value is -4.73. The number of nitrogens with one attached hydrogen (secondary N) is 1. The first-order valence-electron chi connectivity index (χ1n) is 13.3. The van der Waals surface area contributed by atoms with E-state index in [1.54, 1.807) is 54.6 Å². The van der Waals surface area contributed by atoms with E-state index in [1.165, 1.54) is 4.57 Å². The molecule has 0 radical (unpaired) electrons. The van der Waals surface area contributed by atoms with Crippen LogP contribution in [0, 0.1) is 11.6 Å². The number of hydrogen-bond acceptors (Lipinski definition) is 5. The van der Waals surface area contributed by atoms with Crippen molar-refractivity contribution in [3.8, 4) is 5.75 Å². The molecule has 2 aliphatic rings. The quantitative estimate of drug-likeness (QED) is 0.268. The highest BCUT2D eigenvalue weighted by Gasteiger charge is 2.52. The van der Waals surface area contributed by atoms with Crippen LogP contribution in [-0.2, 0) is 23.5 Å². The minimum absolute atomic E-state index is 0.0317. The Balaban J connectivity index is 1.46. The number of halogens is 2. The van der Waals surface area contributed by atoms with E-state index < -0.39 is 56.9 Å². The lowest BCUT2D eigenvalue weighted by Gasteiger charge is -2.24. The van der Waals surface area contributed by atoms with Crippen LogP contribution in [0.5, 0.6) is 5.75 Å². The zero-order valence-electron chi connectivity index (χ0n) is 21.9. The lowest BCUT2D eigenvalue weighted by Crippen LogP contribution is -2.37. The number of nitrogens with zero attached hydrogens (tertiary/aromatic N) is 1. The van der Waals surface area contributed by atoms with Gasteiger partial charge in [-0.2, -0.15) is 0 Å². The van der Waals surface area contributed by atoms with Crippen molar-refractivity contribution in [3.05, 3.63) is 111 Å². The van der Waals surface area contributed by atoms with Gasteiger partial charge >= 0.3 is 12.1 Å². The number of carboxylic acid groups (broad SMARTS) is 1. The molecule has 0 unspecified atom stereocenters. The van der Waals surface area contributed by atoms with Gasteiger partial charge in [0, 0.05) is 12.2 Å². The lowest BCUT2D eigenvalue weighted by atomic mass is 9.98. The molecular formula is C31H26F2N2O6. The second-order valence-electron chi connectivity index (χ2n) is 10.4. The van der Waals surface area contributed by atoms with Crippen molar-refractivity contribution in [1.29, 1.82) is 0 Å². The third kappa shape index (κ3) is 5.01. The first-order chi connectivity index (χ1) is 19.8. The first-order valence-corrected chi connectivity index (χ1v) is 13.3. The summed E-state index contributed by atoms with van der Waals surface area (Å²) in [5.74, 6) is -4.25. The average Bonchev–Trinajstić information content (AvgIpc) is 3.90. The van der Waals surface area contributed by atoms with E-state index in [0.29, 0.717) is 18.4 Å². The summed E-state index contributed by atoms with van der Waals surface area (Å²) in [5, 5.41) is 11.9. The van der Waals surface area contributed by atoms with Crippen molar-refractivity contribution >= 4 is 23.0 Å². The van der Waals surface area contributed by atoms with Crippen molar-refractivity contribution in [2.75, 3.05) is 0 Å². The lowest BCUT2D eigenvalue weighted by molar-refractivity contribution is 0.0694. The number of pyridine rings is 1. The summed E-state index contributed by atoms with van der Waals surface area (Å²) in [6.45, 7) is -0.187. The van der Waals surface area contributed by atoms with Gasteiger partial charge in [0.1, 0.15) is 18.8 Å². The van der Waals surface area contributed by atoms with Crippen LogP contribution >= 0.6 is 0 Å². The normalized spacial score (nSPS) is 15.4. The molecule has 0 aliphatic heterocycles. The molecule has 1 heterocycles. The molecule has 1 aromatic heterocycles. The summed E-state index contributed by atoms with van der Waals surface area (Å²) in [6.07, 6.45) is 1.99. The number of carbonyl (C=O) groups is 2. The molecule has 8 nitrogen and oxygen atoms in total. The number of hydrogen-bond donors (Lipinski definition) is 2. The van der Waals surface area contributed by atoms with Gasteiger partial charge in [-0.15, -0.1) is 0 Å². The van der Waals surface area contributed by atoms with Gasteiger partial charge in [-0.3, -0.25) is 4.79 Å². The molecule has 210 valence electrons. The minimum Gasteiger partial charge on any atom is -0.485 e. The summed E-state index contributed by atoms with van der Waals surface area (Å²) in [4.78, 5) is 38.1. The van der Waals surface area contributed by atoms with Gasteiger partial charge < -0.3 is 24.5 Å². The predicted octanol–water partition coefficient (Wildman–Crippen LogP) is 5.81. The summed E-state index contributed by atoms with van der Waals surface area (Å²) in [6, 6.07) is 17.5. The molecule has 3 aromatic carbocycles. The van der Waals surface area contributed by atoms with Gasteiger partial charge in [0.25, 0.3) is 0 Å². The third-order valence-corrected chi connectivity index (χ3v) is 7.49. The molecule has 2 saturated carbocycles. The molecule has 41 heavy (non-hydrogen) atoms. The van der Waals surface area contributed by atoms with E-state index in [-0.39, 0.29) is 37.6 Å². The maximum absolute atomic E-state index is 16.5. The van der Waals surface area contributed by atoms with Crippen LogP contribution in [0.15, 0.2) is 71.7 Å². The number of carboxylic acids is 1. The van der Waals surface area contributed by atoms with Crippen LogP contribution < -0.4 is 15.5 Å². The van der Waals surface area contributed by atoms with Crippen LogP contribution in [0.3, 0.4) is 0 Å². The van der Waals surface area contributed by atoms with Crippen molar-refractivity contribution in [3.63, 3.8) is 0 Å². The predicted molar refractivity (Wildman–Crippen MR) is 145 cm³/mol. The molecule has 1 amide bonds. The van der Waals surface area contributed by atoms with Crippen LogP contribution in [0.2, 0.25) is 0 Å². The molecule has 6 rings (SSSR count). The average molecular weight is 561 g/mol. The Morgan fingerprint density at radius 3 is 2.12 bits per heavy atom. The van der Waals surface area contributed by atoms with Crippen molar-refractivity contribution in [2.45, 2.75) is 50.5 Å². The number of aromatic carboxylic acids is 1. The second kappa shape index (κ2) is 10.3. The maximum Gasteiger partial charge on any atom is 0.408 e. The van der Waals surface area contributed by atoms with Gasteiger partial charge in [0.05, 0.1) is 22.0 Å². The molecule has 0 spiro atoms. The van der Waals surface area contributed by atoms with Crippen LogP contribution in [-0.4, -0.2) is 21.7 Å². The highest BCUT2D eigenvalue weighted by molar-refractivity contribution is 5.96. The fraction of sp³-hybridized carbons (Fsp3) is 0.258. The molecule has 0 saturated heterocycles. The number of carbonyl (C=O) groups excluding carboxylic acids is 1. The first kappa shape index (κ1) is 26.5. The largest absolute Gasteiger partial charge is 0.485 e. The van der Waals surface area contributed by atoms with Crippen LogP contribution in [0.4, 0.5) is 13.6 Å². The number of rotatable bonds is 9. The molecule has 2 aliphatic carbocycles. The van der Waals surface area contributed by atoms with E-state index in [9.17, 15) is 19.5 Å². The van der Waals surface area contributed by atoms with Crippen LogP contribution in [0.1, 0.15) is 58.8 Å². The topological polar surface area (TPSA) is 107 Å². The van der Waals surface area contributed by atoms with E-state index in [2.05, 4.69) is 5.32 Å². The van der Waals surface area contributed by atoms with E-state index in [0.717, 1.165) is 11.8 Å². The molecule has 0 bridgehead atoms. The van der Waals surface area contributed by atoms with E-state index in [1.807, 2.05) is 6.07 Å². The third-order valence-electron chi connectivity index (χ3n) is 7.49. The van der Waals surface area contributed by atoms with Crippen LogP contribution in [0.25, 0.3) is 10.9 Å². The molecule has 2 N–H and O–H groups in total. The van der Waals surface area contributed by atoms with Gasteiger partial charge in [0.2, 0.25) is 5.43 Å². The summed E-state index contributed by atoms with van der Waals surface area (Å²) in [7, 11) is 0. The Labute approximate surface area is 233 Å². The summed E-state index contributed by atoms with van der Waals surface area (Å²) in [5.41, 5.74) is -2.35. The zero-order chi connectivity index (χ0) is 28.7. The van der Waals surface area contributed by atoms with Gasteiger partial charge in [-0.1, -0.05) is 60.7 Å². The maximum atomic E-state index is 16.5. The standard InChI is InChI=1S/C31H26F2N2O6/c32-24-23(31(13-14-31)34-30(39)41-17-19-9-5-2-6-10-19)25(33)28(40-16-18-7-3-1-4-8-18)22-26(24)35(20-11-12-20)15-21(27(22)36)29(37)38/h1-10,15,20H,11-14,16-17H2,(H,34,39)(H,37,38). The number of alkyl carbamates (subject to hydrolysis) is 1. The van der Waals surface area contributed by atoms with E-state index in [4.69, 9.17) is 9.47 Å². The highest BCUT2D eigenvalue weighted by Crippen LogP contribution is 2.51. The van der Waals surface area contributed by atoms with Crippen molar-refractivity contribution in [2.24, 2.45) is 0 Å². The van der Waals surface area contributed by atoms with Crippen molar-refractivity contribution < 1.29 is 33.0 Å². The minimum atomic E-state index is -1.51. The number of ether oxygens (including phenoxy) is 2. The fourth-order valence-corrected chi connectivity index (χ4v) is 5.10. The fourth-order valence-electron chi connectivity index (χ4n) is 5.10. The monoisotopic (exact) mass is 560 g/mol. The zero-order valence-corrected chi connectivity index (χ0v) is 21.9. The number of fused-ring (bicyclic) bond motifs is 1. The second-order valence-corrected chi connectivity index (χ2v) is 10.4. The van der Waals surface area contributed by atoms with Gasteiger partial charge in [0.15, 0.2) is 17.4 Å². The van der Waals surface area contributed by atoms with Crippen molar-refractivity contribution in [1.82, 2.24) is 9.88 Å². The Bertz CT molecular complexity index is 1710. The molecule has 2 fully saturated rings. The highest BCUT2D eigenvalue weighted by atomic mass is 19.1. The van der Waals surface area contributed by atoms with E-state index >= 15 is 8.78 Å². The summed E-state index contributed by atoms with van der Waals surface area (Å²) >= 11 is 0. The molecular weight excluding hydrogens is 534 g/mol. The molecule has 10 heteroatoms. The number of amides is 1. The summed E-state index contributed by atoms with van der Waals surface area (Å²) < 4.78 is 45.4. The molecule has 4 aromatic rings. The number of aromatic nitrogens is 1.